The molecular weight excluding hydrogens is 308 g/mol. The van der Waals surface area contributed by atoms with Gasteiger partial charge in [-0.15, -0.1) is 5.10 Å². The van der Waals surface area contributed by atoms with E-state index in [1.54, 1.807) is 6.07 Å². The summed E-state index contributed by atoms with van der Waals surface area (Å²) in [6.07, 6.45) is 1.79. The van der Waals surface area contributed by atoms with Crippen LogP contribution in [0.2, 0.25) is 0 Å². The second-order valence-corrected chi connectivity index (χ2v) is 6.48. The predicted octanol–water partition coefficient (Wildman–Crippen LogP) is 2.91. The molecule has 0 N–H and O–H groups in total. The van der Waals surface area contributed by atoms with Crippen molar-refractivity contribution in [3.8, 4) is 0 Å². The Bertz CT molecular complexity index is 866. The Hall–Kier alpha value is -2.21. The van der Waals surface area contributed by atoms with Crippen molar-refractivity contribution in [1.29, 1.82) is 0 Å². The first kappa shape index (κ1) is 15.7. The number of fused-ring (bicyclic) bond motifs is 1. The minimum atomic E-state index is -0.116. The van der Waals surface area contributed by atoms with E-state index in [1.165, 1.54) is 27.0 Å². The number of nitrogens with zero attached hydrogens (tertiary/aromatic N) is 4. The van der Waals surface area contributed by atoms with E-state index in [2.05, 4.69) is 41.3 Å². The maximum Gasteiger partial charge on any atom is 0.275 e. The summed E-state index contributed by atoms with van der Waals surface area (Å²) in [5.41, 5.74) is 3.25. The lowest BCUT2D eigenvalue weighted by Crippen LogP contribution is -2.18. The molecule has 2 aromatic heterocycles. The van der Waals surface area contributed by atoms with Gasteiger partial charge in [-0.25, -0.2) is 4.98 Å². The summed E-state index contributed by atoms with van der Waals surface area (Å²) in [6.45, 7) is 4.89. The highest BCUT2D eigenvalue weighted by Crippen LogP contribution is 2.22. The molecule has 0 spiro atoms. The Morgan fingerprint density at radius 2 is 1.83 bits per heavy atom. The summed E-state index contributed by atoms with van der Waals surface area (Å²) in [7, 11) is 1.98. The van der Waals surface area contributed by atoms with E-state index >= 15 is 0 Å². The Morgan fingerprint density at radius 1 is 1.13 bits per heavy atom. The van der Waals surface area contributed by atoms with Crippen LogP contribution in [0.3, 0.4) is 0 Å². The Kier molecular flexibility index (Phi) is 4.43. The fourth-order valence-electron chi connectivity index (χ4n) is 2.40. The Labute approximate surface area is 139 Å². The van der Waals surface area contributed by atoms with Gasteiger partial charge in [-0.3, -0.25) is 4.79 Å². The molecule has 0 amide bonds. The van der Waals surface area contributed by atoms with E-state index in [1.807, 2.05) is 18.9 Å². The Morgan fingerprint density at radius 3 is 2.48 bits per heavy atom. The fraction of sp³-hybridized carbons (Fsp3) is 0.353. The summed E-state index contributed by atoms with van der Waals surface area (Å²) >= 11 is 1.44. The smallest absolute Gasteiger partial charge is 0.275 e. The molecule has 0 fully saturated rings. The first-order valence-electron chi connectivity index (χ1n) is 7.79. The van der Waals surface area contributed by atoms with Crippen LogP contribution in [-0.4, -0.2) is 21.6 Å². The van der Waals surface area contributed by atoms with Crippen LogP contribution in [0.5, 0.6) is 0 Å². The average molecular weight is 328 g/mol. The highest BCUT2D eigenvalue weighted by Gasteiger charge is 2.12. The standard InChI is InChI=1S/C17H20N4OS/c1-4-12-6-8-13(9-7-12)11-20(3)17-19-21-15(22)10-14(5-2)18-16(21)23-17/h6-10H,4-5,11H2,1-3H3. The van der Waals surface area contributed by atoms with Crippen molar-refractivity contribution in [3.05, 3.63) is 57.5 Å². The second-order valence-electron chi connectivity index (χ2n) is 5.54. The summed E-state index contributed by atoms with van der Waals surface area (Å²) in [6, 6.07) is 10.1. The normalized spacial score (nSPS) is 11.1. The van der Waals surface area contributed by atoms with Gasteiger partial charge in [0.15, 0.2) is 0 Å². The summed E-state index contributed by atoms with van der Waals surface area (Å²) < 4.78 is 1.38. The number of aryl methyl sites for hydroxylation is 2. The maximum absolute atomic E-state index is 12.1. The molecule has 0 unspecified atom stereocenters. The van der Waals surface area contributed by atoms with Gasteiger partial charge in [-0.1, -0.05) is 49.4 Å². The van der Waals surface area contributed by atoms with Gasteiger partial charge in [0.05, 0.1) is 0 Å². The van der Waals surface area contributed by atoms with Crippen molar-refractivity contribution >= 4 is 21.4 Å². The molecule has 0 saturated heterocycles. The minimum absolute atomic E-state index is 0.116. The van der Waals surface area contributed by atoms with Crippen molar-refractivity contribution in [2.24, 2.45) is 0 Å². The van der Waals surface area contributed by atoms with Crippen molar-refractivity contribution in [2.45, 2.75) is 33.2 Å². The SMILES string of the molecule is CCc1ccc(CN(C)c2nn3c(=O)cc(CC)nc3s2)cc1. The average Bonchev–Trinajstić information content (AvgIpc) is 3.00. The molecule has 2 heterocycles. The van der Waals surface area contributed by atoms with Gasteiger partial charge in [-0.2, -0.15) is 4.52 Å². The molecule has 5 nitrogen and oxygen atoms in total. The van der Waals surface area contributed by atoms with Crippen molar-refractivity contribution in [1.82, 2.24) is 14.6 Å². The zero-order valence-electron chi connectivity index (χ0n) is 13.6. The van der Waals surface area contributed by atoms with E-state index in [0.717, 1.165) is 30.2 Å². The van der Waals surface area contributed by atoms with Crippen LogP contribution >= 0.6 is 11.3 Å². The molecule has 0 saturated carbocycles. The van der Waals surface area contributed by atoms with Crippen LogP contribution in [0.25, 0.3) is 4.96 Å². The summed E-state index contributed by atoms with van der Waals surface area (Å²) in [5, 5.41) is 5.20. The van der Waals surface area contributed by atoms with Crippen LogP contribution in [0.15, 0.2) is 35.1 Å². The third-order valence-electron chi connectivity index (χ3n) is 3.83. The molecule has 0 aliphatic carbocycles. The minimum Gasteiger partial charge on any atom is -0.345 e. The van der Waals surface area contributed by atoms with Gasteiger partial charge >= 0.3 is 0 Å². The third-order valence-corrected chi connectivity index (χ3v) is 4.85. The van der Waals surface area contributed by atoms with Gasteiger partial charge in [0, 0.05) is 25.4 Å². The molecule has 0 radical (unpaired) electrons. The molecule has 120 valence electrons. The van der Waals surface area contributed by atoms with Crippen molar-refractivity contribution in [2.75, 3.05) is 11.9 Å². The zero-order chi connectivity index (χ0) is 16.4. The molecule has 0 atom stereocenters. The zero-order valence-corrected chi connectivity index (χ0v) is 14.4. The number of hydrogen-bond acceptors (Lipinski definition) is 5. The van der Waals surface area contributed by atoms with Gasteiger partial charge < -0.3 is 4.90 Å². The number of hydrogen-bond donors (Lipinski definition) is 0. The largest absolute Gasteiger partial charge is 0.345 e. The summed E-state index contributed by atoms with van der Waals surface area (Å²) in [4.78, 5) is 19.2. The lowest BCUT2D eigenvalue weighted by molar-refractivity contribution is 0.836. The summed E-state index contributed by atoms with van der Waals surface area (Å²) in [5.74, 6) is 0. The quantitative estimate of drug-likeness (QED) is 0.722. The molecule has 3 aromatic rings. The van der Waals surface area contributed by atoms with Crippen LogP contribution in [0.1, 0.15) is 30.7 Å². The number of aromatic nitrogens is 3. The fourth-order valence-corrected chi connectivity index (χ4v) is 3.29. The van der Waals surface area contributed by atoms with E-state index in [4.69, 9.17) is 0 Å². The molecule has 23 heavy (non-hydrogen) atoms. The molecule has 0 aliphatic heterocycles. The van der Waals surface area contributed by atoms with Crippen molar-refractivity contribution < 1.29 is 0 Å². The van der Waals surface area contributed by atoms with E-state index in [-0.39, 0.29) is 5.56 Å². The van der Waals surface area contributed by atoms with Gasteiger partial charge in [0.25, 0.3) is 5.56 Å². The van der Waals surface area contributed by atoms with Gasteiger partial charge in [0.1, 0.15) is 0 Å². The monoisotopic (exact) mass is 328 g/mol. The second kappa shape index (κ2) is 6.50. The number of rotatable bonds is 5. The molecular formula is C17H20N4OS. The first-order chi connectivity index (χ1) is 11.1. The highest BCUT2D eigenvalue weighted by molar-refractivity contribution is 7.20. The lowest BCUT2D eigenvalue weighted by Gasteiger charge is -2.15. The van der Waals surface area contributed by atoms with Crippen LogP contribution in [-0.2, 0) is 19.4 Å². The molecule has 3 rings (SSSR count). The van der Waals surface area contributed by atoms with E-state index < -0.39 is 0 Å². The number of anilines is 1. The van der Waals surface area contributed by atoms with Crippen LogP contribution in [0, 0.1) is 0 Å². The van der Waals surface area contributed by atoms with Gasteiger partial charge in [-0.05, 0) is 24.0 Å². The lowest BCUT2D eigenvalue weighted by atomic mass is 10.1. The highest BCUT2D eigenvalue weighted by atomic mass is 32.1. The van der Waals surface area contributed by atoms with E-state index in [0.29, 0.717) is 4.96 Å². The molecule has 6 heteroatoms. The van der Waals surface area contributed by atoms with Crippen molar-refractivity contribution in [3.63, 3.8) is 0 Å². The Balaban J connectivity index is 1.86. The molecule has 1 aromatic carbocycles. The van der Waals surface area contributed by atoms with Crippen LogP contribution < -0.4 is 10.5 Å². The topological polar surface area (TPSA) is 50.5 Å². The third kappa shape index (κ3) is 3.27. The van der Waals surface area contributed by atoms with Gasteiger partial charge in [0.2, 0.25) is 10.1 Å². The molecule has 0 bridgehead atoms. The maximum atomic E-state index is 12.1. The first-order valence-corrected chi connectivity index (χ1v) is 8.61. The molecule has 0 aliphatic rings. The number of benzene rings is 1. The van der Waals surface area contributed by atoms with E-state index in [9.17, 15) is 4.79 Å². The predicted molar refractivity (Wildman–Crippen MR) is 94.4 cm³/mol. The van der Waals surface area contributed by atoms with Crippen LogP contribution in [0.4, 0.5) is 5.13 Å².